The van der Waals surface area contributed by atoms with Gasteiger partial charge in [-0.3, -0.25) is 9.79 Å². The van der Waals surface area contributed by atoms with Crippen molar-refractivity contribution in [3.05, 3.63) is 35.4 Å². The predicted octanol–water partition coefficient (Wildman–Crippen LogP) is 2.45. The summed E-state index contributed by atoms with van der Waals surface area (Å²) >= 11 is 0. The third kappa shape index (κ3) is 4.74. The van der Waals surface area contributed by atoms with Crippen molar-refractivity contribution >= 4 is 11.9 Å². The average Bonchev–Trinajstić information content (AvgIpc) is 3.30. The van der Waals surface area contributed by atoms with Crippen LogP contribution in [0.5, 0.6) is 0 Å². The smallest absolute Gasteiger partial charge is 0.225 e. The molecule has 1 aliphatic carbocycles. The first-order valence-corrected chi connectivity index (χ1v) is 9.47. The molecule has 1 unspecified atom stereocenters. The Kier molecular flexibility index (Phi) is 5.95. The zero-order chi connectivity index (χ0) is 17.6. The normalized spacial score (nSPS) is 21.6. The van der Waals surface area contributed by atoms with Crippen molar-refractivity contribution in [2.24, 2.45) is 10.9 Å². The Morgan fingerprint density at radius 1 is 1.28 bits per heavy atom. The molecule has 0 aromatic heterocycles. The number of rotatable bonds is 4. The fourth-order valence-corrected chi connectivity index (χ4v) is 3.91. The average molecular weight is 342 g/mol. The highest BCUT2D eigenvalue weighted by Gasteiger charge is 2.32. The van der Waals surface area contributed by atoms with Crippen molar-refractivity contribution in [3.63, 3.8) is 0 Å². The van der Waals surface area contributed by atoms with Gasteiger partial charge in [0.25, 0.3) is 0 Å². The summed E-state index contributed by atoms with van der Waals surface area (Å²) in [6, 6.07) is 8.76. The lowest BCUT2D eigenvalue weighted by molar-refractivity contribution is -0.134. The van der Waals surface area contributed by atoms with Crippen molar-refractivity contribution in [3.8, 4) is 0 Å². The molecule has 25 heavy (non-hydrogen) atoms. The summed E-state index contributed by atoms with van der Waals surface area (Å²) in [5.41, 5.74) is 2.51. The summed E-state index contributed by atoms with van der Waals surface area (Å²) in [4.78, 5) is 18.9. The molecule has 2 N–H and O–H groups in total. The minimum Gasteiger partial charge on any atom is -0.352 e. The highest BCUT2D eigenvalue weighted by Crippen LogP contribution is 2.27. The highest BCUT2D eigenvalue weighted by atomic mass is 16.2. The minimum absolute atomic E-state index is 0.275. The summed E-state index contributed by atoms with van der Waals surface area (Å²) in [6.07, 6.45) is 5.56. The van der Waals surface area contributed by atoms with Crippen molar-refractivity contribution < 1.29 is 4.79 Å². The topological polar surface area (TPSA) is 56.7 Å². The van der Waals surface area contributed by atoms with Gasteiger partial charge < -0.3 is 15.5 Å². The van der Waals surface area contributed by atoms with Gasteiger partial charge in [0.15, 0.2) is 5.96 Å². The Morgan fingerprint density at radius 3 is 2.80 bits per heavy atom. The number of aryl methyl sites for hydroxylation is 1. The summed E-state index contributed by atoms with van der Waals surface area (Å²) in [7, 11) is 1.79. The SMILES string of the molecule is CN=C(NCc1cccc(C)c1)NC1CCN(C(=O)C2CCCC2)C1. The Labute approximate surface area is 150 Å². The van der Waals surface area contributed by atoms with Crippen LogP contribution in [0, 0.1) is 12.8 Å². The molecule has 5 heteroatoms. The molecule has 1 aromatic carbocycles. The number of carbonyl (C=O) groups excluding carboxylic acids is 1. The second kappa shape index (κ2) is 8.37. The molecule has 1 heterocycles. The van der Waals surface area contributed by atoms with E-state index in [2.05, 4.69) is 46.8 Å². The summed E-state index contributed by atoms with van der Waals surface area (Å²) in [6.45, 7) is 4.51. The second-order valence-corrected chi connectivity index (χ2v) is 7.31. The van der Waals surface area contributed by atoms with E-state index in [9.17, 15) is 4.79 Å². The molecular weight excluding hydrogens is 312 g/mol. The van der Waals surface area contributed by atoms with Gasteiger partial charge in [-0.2, -0.15) is 0 Å². The Bertz CT molecular complexity index is 622. The molecule has 136 valence electrons. The van der Waals surface area contributed by atoms with Gasteiger partial charge in [0.1, 0.15) is 0 Å². The van der Waals surface area contributed by atoms with Gasteiger partial charge in [0.05, 0.1) is 0 Å². The third-order valence-corrected chi connectivity index (χ3v) is 5.31. The quantitative estimate of drug-likeness (QED) is 0.653. The van der Waals surface area contributed by atoms with Gasteiger partial charge in [-0.1, -0.05) is 42.7 Å². The van der Waals surface area contributed by atoms with E-state index in [0.717, 1.165) is 44.9 Å². The largest absolute Gasteiger partial charge is 0.352 e. The summed E-state index contributed by atoms with van der Waals surface area (Å²) in [5.74, 6) is 1.45. The van der Waals surface area contributed by atoms with Crippen LogP contribution in [0.4, 0.5) is 0 Å². The minimum atomic E-state index is 0.275. The van der Waals surface area contributed by atoms with Gasteiger partial charge >= 0.3 is 0 Å². The maximum atomic E-state index is 12.5. The standard InChI is InChI=1S/C20H30N4O/c1-15-6-5-7-16(12-15)13-22-20(21-2)23-18-10-11-24(14-18)19(25)17-8-3-4-9-17/h5-7,12,17-18H,3-4,8-11,13-14H2,1-2H3,(H2,21,22,23). The molecule has 2 aliphatic rings. The molecule has 1 aromatic rings. The van der Waals surface area contributed by atoms with E-state index >= 15 is 0 Å². The van der Waals surface area contributed by atoms with Crippen molar-refractivity contribution in [1.29, 1.82) is 0 Å². The van der Waals surface area contributed by atoms with Gasteiger partial charge in [-0.25, -0.2) is 0 Å². The van der Waals surface area contributed by atoms with E-state index in [1.807, 2.05) is 4.90 Å². The lowest BCUT2D eigenvalue weighted by Crippen LogP contribution is -2.45. The molecule has 0 spiro atoms. The van der Waals surface area contributed by atoms with Crippen LogP contribution >= 0.6 is 0 Å². The Morgan fingerprint density at radius 2 is 2.08 bits per heavy atom. The van der Waals surface area contributed by atoms with Gasteiger partial charge in [-0.05, 0) is 31.7 Å². The van der Waals surface area contributed by atoms with E-state index in [1.54, 1.807) is 7.05 Å². The Hall–Kier alpha value is -2.04. The molecule has 1 saturated carbocycles. The predicted molar refractivity (Wildman–Crippen MR) is 101 cm³/mol. The van der Waals surface area contributed by atoms with Gasteiger partial charge in [0.2, 0.25) is 5.91 Å². The van der Waals surface area contributed by atoms with E-state index < -0.39 is 0 Å². The number of hydrogen-bond acceptors (Lipinski definition) is 2. The van der Waals surface area contributed by atoms with Crippen LogP contribution < -0.4 is 10.6 Å². The Balaban J connectivity index is 1.47. The zero-order valence-corrected chi connectivity index (χ0v) is 15.4. The molecule has 2 fully saturated rings. The monoisotopic (exact) mass is 342 g/mol. The molecule has 5 nitrogen and oxygen atoms in total. The fourth-order valence-electron chi connectivity index (χ4n) is 3.91. The van der Waals surface area contributed by atoms with Crippen molar-refractivity contribution in [1.82, 2.24) is 15.5 Å². The second-order valence-electron chi connectivity index (χ2n) is 7.31. The number of hydrogen-bond donors (Lipinski definition) is 2. The lowest BCUT2D eigenvalue weighted by atomic mass is 10.1. The molecule has 3 rings (SSSR count). The van der Waals surface area contributed by atoms with Gasteiger partial charge in [-0.15, -0.1) is 0 Å². The highest BCUT2D eigenvalue weighted by molar-refractivity contribution is 5.81. The first kappa shape index (κ1) is 17.8. The molecule has 1 saturated heterocycles. The van der Waals surface area contributed by atoms with Crippen LogP contribution in [-0.4, -0.2) is 42.9 Å². The van der Waals surface area contributed by atoms with E-state index in [4.69, 9.17) is 0 Å². The van der Waals surface area contributed by atoms with Gasteiger partial charge in [0, 0.05) is 38.6 Å². The maximum absolute atomic E-state index is 12.5. The van der Waals surface area contributed by atoms with E-state index in [1.165, 1.54) is 24.0 Å². The summed E-state index contributed by atoms with van der Waals surface area (Å²) in [5, 5.41) is 6.85. The number of guanidine groups is 1. The number of amides is 1. The molecule has 1 aliphatic heterocycles. The van der Waals surface area contributed by atoms with Crippen LogP contribution in [0.15, 0.2) is 29.3 Å². The van der Waals surface area contributed by atoms with Crippen molar-refractivity contribution in [2.75, 3.05) is 20.1 Å². The van der Waals surface area contributed by atoms with Crippen LogP contribution in [0.3, 0.4) is 0 Å². The van der Waals surface area contributed by atoms with E-state index in [0.29, 0.717) is 5.91 Å². The number of aliphatic imine (C=N–C) groups is 1. The number of nitrogens with zero attached hydrogens (tertiary/aromatic N) is 2. The van der Waals surface area contributed by atoms with Crippen LogP contribution in [0.25, 0.3) is 0 Å². The number of nitrogens with one attached hydrogen (secondary N) is 2. The molecule has 1 atom stereocenters. The number of benzene rings is 1. The summed E-state index contributed by atoms with van der Waals surface area (Å²) < 4.78 is 0. The molecule has 1 amide bonds. The molecule has 0 bridgehead atoms. The van der Waals surface area contributed by atoms with Crippen LogP contribution in [0.1, 0.15) is 43.2 Å². The lowest BCUT2D eigenvalue weighted by Gasteiger charge is -2.21. The number of carbonyl (C=O) groups is 1. The zero-order valence-electron chi connectivity index (χ0n) is 15.4. The van der Waals surface area contributed by atoms with Crippen LogP contribution in [-0.2, 0) is 11.3 Å². The van der Waals surface area contributed by atoms with E-state index in [-0.39, 0.29) is 12.0 Å². The molecule has 0 radical (unpaired) electrons. The number of likely N-dealkylation sites (tertiary alicyclic amines) is 1. The third-order valence-electron chi connectivity index (χ3n) is 5.31. The van der Waals surface area contributed by atoms with Crippen LogP contribution in [0.2, 0.25) is 0 Å². The maximum Gasteiger partial charge on any atom is 0.225 e. The first-order valence-electron chi connectivity index (χ1n) is 9.47. The van der Waals surface area contributed by atoms with Crippen molar-refractivity contribution in [2.45, 2.75) is 51.6 Å². The fraction of sp³-hybridized carbons (Fsp3) is 0.600. The molecular formula is C20H30N4O. The first-order chi connectivity index (χ1) is 12.2.